The van der Waals surface area contributed by atoms with Gasteiger partial charge in [-0.15, -0.1) is 0 Å². The van der Waals surface area contributed by atoms with Crippen LogP contribution in [-0.4, -0.2) is 58.5 Å². The average molecular weight is 433 g/mol. The quantitative estimate of drug-likeness (QED) is 0.433. The van der Waals surface area contributed by atoms with Gasteiger partial charge in [-0.3, -0.25) is 9.98 Å². The second kappa shape index (κ2) is 7.96. The van der Waals surface area contributed by atoms with Crippen molar-refractivity contribution in [2.45, 2.75) is 12.5 Å². The first kappa shape index (κ1) is 20.5. The van der Waals surface area contributed by atoms with Gasteiger partial charge in [-0.05, 0) is 47.9 Å². The average Bonchev–Trinajstić information content (AvgIpc) is 2.81. The predicted octanol–water partition coefficient (Wildman–Crippen LogP) is 3.05. The summed E-state index contributed by atoms with van der Waals surface area (Å²) in [4.78, 5) is 14.6. The Morgan fingerprint density at radius 1 is 1.25 bits per heavy atom. The molecule has 3 heterocycles. The van der Waals surface area contributed by atoms with Crippen LogP contribution >= 0.6 is 0 Å². The summed E-state index contributed by atoms with van der Waals surface area (Å²) in [5, 5.41) is 21.2. The van der Waals surface area contributed by atoms with E-state index in [1.165, 1.54) is 12.3 Å². The van der Waals surface area contributed by atoms with Gasteiger partial charge in [-0.25, -0.2) is 9.38 Å². The maximum atomic E-state index is 15.8. The van der Waals surface area contributed by atoms with Crippen LogP contribution in [0.3, 0.4) is 0 Å². The van der Waals surface area contributed by atoms with Crippen LogP contribution in [0.1, 0.15) is 12.0 Å². The van der Waals surface area contributed by atoms with Crippen molar-refractivity contribution in [1.29, 1.82) is 0 Å². The molecule has 32 heavy (non-hydrogen) atoms. The molecule has 3 aromatic rings. The van der Waals surface area contributed by atoms with Gasteiger partial charge in [-0.2, -0.15) is 0 Å². The van der Waals surface area contributed by atoms with Crippen LogP contribution in [0.2, 0.25) is 0 Å². The molecule has 0 radical (unpaired) electrons. The minimum Gasteiger partial charge on any atom is -0.508 e. The molecule has 2 aliphatic heterocycles. The van der Waals surface area contributed by atoms with Crippen LogP contribution in [0, 0.1) is 17.7 Å². The lowest BCUT2D eigenvalue weighted by molar-refractivity contribution is 0.0389. The van der Waals surface area contributed by atoms with E-state index < -0.39 is 12.5 Å². The Morgan fingerprint density at radius 2 is 2.00 bits per heavy atom. The molecule has 3 fully saturated rings. The first-order chi connectivity index (χ1) is 15.5. The van der Waals surface area contributed by atoms with Crippen molar-refractivity contribution in [2.75, 3.05) is 19.8 Å². The zero-order valence-electron chi connectivity index (χ0n) is 17.4. The number of aliphatic imine (C=N–C) groups is 2. The number of phenols is 1. The Morgan fingerprint density at radius 3 is 2.69 bits per heavy atom. The van der Waals surface area contributed by atoms with Crippen LogP contribution in [0.25, 0.3) is 22.0 Å². The van der Waals surface area contributed by atoms with Gasteiger partial charge in [0.2, 0.25) is 0 Å². The minimum absolute atomic E-state index is 0.0122. The maximum Gasteiger partial charge on any atom is 0.175 e. The van der Waals surface area contributed by atoms with Gasteiger partial charge in [0, 0.05) is 30.9 Å². The first-order valence-electron chi connectivity index (χ1n) is 10.6. The summed E-state index contributed by atoms with van der Waals surface area (Å²) in [5.41, 5.74) is 7.09. The Balaban J connectivity index is 1.62. The molecule has 0 amide bonds. The number of halogens is 1. The molecule has 3 aliphatic rings. The van der Waals surface area contributed by atoms with Crippen LogP contribution in [-0.2, 0) is 0 Å². The van der Waals surface area contributed by atoms with Crippen molar-refractivity contribution in [3.63, 3.8) is 0 Å². The number of aromatic hydroxyl groups is 1. The molecular weight excluding hydrogens is 409 g/mol. The molecule has 2 aromatic carbocycles. The van der Waals surface area contributed by atoms with Crippen molar-refractivity contribution in [3.8, 4) is 17.0 Å². The van der Waals surface area contributed by atoms with Crippen LogP contribution < -0.4 is 5.73 Å². The Bertz CT molecular complexity index is 1230. The smallest absolute Gasteiger partial charge is 0.175 e. The third-order valence-electron chi connectivity index (χ3n) is 6.62. The van der Waals surface area contributed by atoms with Crippen molar-refractivity contribution in [1.82, 2.24) is 9.88 Å². The summed E-state index contributed by atoms with van der Waals surface area (Å²) < 4.78 is 15.8. The lowest BCUT2D eigenvalue weighted by Crippen LogP contribution is -2.63. The molecule has 0 spiro atoms. The monoisotopic (exact) mass is 433 g/mol. The van der Waals surface area contributed by atoms with Gasteiger partial charge < -0.3 is 20.8 Å². The predicted molar refractivity (Wildman–Crippen MR) is 123 cm³/mol. The molecule has 6 rings (SSSR count). The standard InChI is InChI=1S/C24H24FN5O2/c1-27-22-19(24(29-12-31)30-10-14-6-15(11-30)21(14)26)9-28-23(20(22)25)18-8-16(32)7-13-4-2-3-5-17(13)18/h2-5,7-9,14-15,21,31-32H,1,6,10-12,26H2/b29-24+. The summed E-state index contributed by atoms with van der Waals surface area (Å²) in [6.07, 6.45) is 2.59. The second-order valence-electron chi connectivity index (χ2n) is 8.42. The SMILES string of the molecule is C=Nc1c(/C(=N\CO)N2CC3CC(C2)C3N)cnc(-c2cc(O)cc3ccccc23)c1F. The number of hydrogen-bond acceptors (Lipinski definition) is 6. The van der Waals surface area contributed by atoms with E-state index >= 15 is 4.39 Å². The highest BCUT2D eigenvalue weighted by atomic mass is 19.1. The normalized spacial score (nSPS) is 22.7. The highest BCUT2D eigenvalue weighted by molar-refractivity contribution is 6.04. The van der Waals surface area contributed by atoms with E-state index in [2.05, 4.69) is 21.7 Å². The highest BCUT2D eigenvalue weighted by Gasteiger charge is 2.45. The molecule has 2 atom stereocenters. The number of phenolic OH excluding ortho intramolecular Hbond substituents is 1. The fourth-order valence-corrected chi connectivity index (χ4v) is 4.99. The van der Waals surface area contributed by atoms with E-state index in [0.717, 1.165) is 17.2 Å². The minimum atomic E-state index is -0.655. The molecule has 2 unspecified atom stereocenters. The van der Waals surface area contributed by atoms with E-state index in [1.54, 1.807) is 6.07 Å². The molecule has 2 bridgehead atoms. The van der Waals surface area contributed by atoms with Gasteiger partial charge in [0.25, 0.3) is 0 Å². The zero-order chi connectivity index (χ0) is 22.4. The van der Waals surface area contributed by atoms with E-state index in [9.17, 15) is 10.2 Å². The van der Waals surface area contributed by atoms with Crippen LogP contribution in [0.4, 0.5) is 10.1 Å². The lowest BCUT2D eigenvalue weighted by atomic mass is 9.66. The number of hydrogen-bond donors (Lipinski definition) is 3. The number of rotatable bonds is 4. The number of pyridine rings is 1. The van der Waals surface area contributed by atoms with Gasteiger partial charge in [0.15, 0.2) is 5.82 Å². The molecule has 1 saturated carbocycles. The number of piperidine rings is 2. The lowest BCUT2D eigenvalue weighted by Gasteiger charge is -2.52. The van der Waals surface area contributed by atoms with Crippen LogP contribution in [0.15, 0.2) is 52.6 Å². The number of aromatic nitrogens is 1. The highest BCUT2D eigenvalue weighted by Crippen LogP contribution is 2.41. The van der Waals surface area contributed by atoms with Gasteiger partial charge in [0.05, 0.1) is 5.56 Å². The molecule has 1 aromatic heterocycles. The second-order valence-corrected chi connectivity index (χ2v) is 8.42. The van der Waals surface area contributed by atoms with E-state index in [1.807, 2.05) is 29.2 Å². The largest absolute Gasteiger partial charge is 0.508 e. The third kappa shape index (κ3) is 3.23. The van der Waals surface area contributed by atoms with Crippen molar-refractivity contribution in [2.24, 2.45) is 27.6 Å². The Labute approximate surface area is 184 Å². The molecule has 2 saturated heterocycles. The molecule has 8 heteroatoms. The number of nitrogens with two attached hydrogens (primary N) is 1. The zero-order valence-corrected chi connectivity index (χ0v) is 17.4. The van der Waals surface area contributed by atoms with Crippen LogP contribution in [0.5, 0.6) is 5.75 Å². The third-order valence-corrected chi connectivity index (χ3v) is 6.62. The summed E-state index contributed by atoms with van der Waals surface area (Å²) in [5.74, 6) is 0.513. The molecular formula is C24H24FN5O2. The van der Waals surface area contributed by atoms with E-state index in [-0.39, 0.29) is 23.2 Å². The van der Waals surface area contributed by atoms with Gasteiger partial charge in [0.1, 0.15) is 29.7 Å². The fourth-order valence-electron chi connectivity index (χ4n) is 4.99. The van der Waals surface area contributed by atoms with Crippen molar-refractivity contribution in [3.05, 3.63) is 54.0 Å². The van der Waals surface area contributed by atoms with Gasteiger partial charge in [-0.1, -0.05) is 24.3 Å². The Hall–Kier alpha value is -3.36. The summed E-state index contributed by atoms with van der Waals surface area (Å²) in [6, 6.07) is 10.7. The number of nitrogens with zero attached hydrogens (tertiary/aromatic N) is 4. The van der Waals surface area contributed by atoms with Crippen molar-refractivity contribution < 1.29 is 14.6 Å². The topological polar surface area (TPSA) is 107 Å². The molecule has 4 N–H and O–H groups in total. The number of aliphatic hydroxyl groups excluding tert-OH is 1. The first-order valence-corrected chi connectivity index (χ1v) is 10.6. The molecule has 7 nitrogen and oxygen atoms in total. The Kier molecular flexibility index (Phi) is 5.11. The summed E-state index contributed by atoms with van der Waals surface area (Å²) >= 11 is 0. The van der Waals surface area contributed by atoms with Crippen molar-refractivity contribution >= 4 is 29.0 Å². The fraction of sp³-hybridized carbons (Fsp3) is 0.292. The number of amidine groups is 1. The molecule has 164 valence electrons. The van der Waals surface area contributed by atoms with Gasteiger partial charge >= 0.3 is 0 Å². The maximum absolute atomic E-state index is 15.8. The number of fused-ring (bicyclic) bond motifs is 3. The number of aliphatic hydroxyl groups is 1. The van der Waals surface area contributed by atoms with E-state index in [4.69, 9.17) is 5.73 Å². The number of benzene rings is 2. The summed E-state index contributed by atoms with van der Waals surface area (Å²) in [7, 11) is 0. The molecule has 1 aliphatic carbocycles. The summed E-state index contributed by atoms with van der Waals surface area (Å²) in [6.45, 7) is 4.50. The van der Waals surface area contributed by atoms with E-state index in [0.29, 0.717) is 41.9 Å².